The summed E-state index contributed by atoms with van der Waals surface area (Å²) in [6, 6.07) is 12.2. The number of carbonyl (C=O) groups is 2. The molecule has 2 amide bonds. The van der Waals surface area contributed by atoms with Crippen molar-refractivity contribution in [3.05, 3.63) is 63.2 Å². The van der Waals surface area contributed by atoms with E-state index in [-0.39, 0.29) is 44.7 Å². The molecule has 10 heteroatoms. The number of aliphatic hydroxyl groups is 2. The fourth-order valence-corrected chi connectivity index (χ4v) is 5.08. The van der Waals surface area contributed by atoms with E-state index < -0.39 is 18.2 Å². The molecule has 2 aromatic rings. The highest BCUT2D eigenvalue weighted by Gasteiger charge is 2.40. The monoisotopic (exact) mass is 636 g/mol. The van der Waals surface area contributed by atoms with Gasteiger partial charge in [0, 0.05) is 31.5 Å². The normalized spacial score (nSPS) is 20.0. The molecule has 1 aliphatic carbocycles. The van der Waals surface area contributed by atoms with Crippen molar-refractivity contribution in [2.75, 3.05) is 19.9 Å². The van der Waals surface area contributed by atoms with Crippen LogP contribution in [0.5, 0.6) is 17.2 Å². The van der Waals surface area contributed by atoms with Crippen LogP contribution < -0.4 is 19.5 Å². The van der Waals surface area contributed by atoms with Crippen molar-refractivity contribution in [2.45, 2.75) is 57.4 Å². The number of aliphatic hydroxyl groups excluding tert-OH is 2. The third-order valence-corrected chi connectivity index (χ3v) is 7.46. The average Bonchev–Trinajstić information content (AvgIpc) is 3.39. The first-order chi connectivity index (χ1) is 18.4. The summed E-state index contributed by atoms with van der Waals surface area (Å²) in [7, 11) is 0. The lowest BCUT2D eigenvalue weighted by molar-refractivity contribution is -0.139. The summed E-state index contributed by atoms with van der Waals surface area (Å²) in [5, 5.41) is 23.4. The Morgan fingerprint density at radius 3 is 2.74 bits per heavy atom. The van der Waals surface area contributed by atoms with Gasteiger partial charge in [0.25, 0.3) is 0 Å². The number of hydrogen-bond donors (Lipinski definition) is 3. The minimum absolute atomic E-state index is 0.0991. The van der Waals surface area contributed by atoms with Crippen LogP contribution >= 0.6 is 22.6 Å². The Bertz CT molecular complexity index is 1170. The van der Waals surface area contributed by atoms with Gasteiger partial charge in [0.05, 0.1) is 16.2 Å². The number of unbranched alkanes of at least 4 members (excludes halogenated alkanes) is 1. The quantitative estimate of drug-likeness (QED) is 0.325. The number of carbonyl (C=O) groups excluding carboxylic acids is 2. The van der Waals surface area contributed by atoms with E-state index in [0.29, 0.717) is 35.7 Å². The highest BCUT2D eigenvalue weighted by atomic mass is 127. The number of rotatable bonds is 11. The molecule has 3 N–H and O–H groups in total. The predicted octanol–water partition coefficient (Wildman–Crippen LogP) is 3.15. The molecule has 2 aromatic carbocycles. The van der Waals surface area contributed by atoms with E-state index in [1.54, 1.807) is 23.1 Å². The number of para-hydroxylation sites is 1. The van der Waals surface area contributed by atoms with Gasteiger partial charge in [0.1, 0.15) is 18.0 Å². The van der Waals surface area contributed by atoms with Crippen LogP contribution in [0.4, 0.5) is 0 Å². The standard InChI is InChI=1S/C28H33IN2O7/c1-2-3-8-26(33)31(16-18-9-10-23-24(13-18)37-17-36-23)21-14-19(28(35)30-11-12-32)15-25(27(21)34)38-22-7-5-4-6-20(22)29/h4-7,9-10,13,15,21,25,27,32,34H,2-3,8,11-12,14,16-17H2,1H3,(H,30,35)/t21-,25+,27+/m1/s1. The predicted molar refractivity (Wildman–Crippen MR) is 149 cm³/mol. The van der Waals surface area contributed by atoms with Crippen molar-refractivity contribution < 1.29 is 34.0 Å². The van der Waals surface area contributed by atoms with Gasteiger partial charge in [-0.1, -0.05) is 31.5 Å². The summed E-state index contributed by atoms with van der Waals surface area (Å²) >= 11 is 2.15. The van der Waals surface area contributed by atoms with Gasteiger partial charge in [0.2, 0.25) is 18.6 Å². The first-order valence-electron chi connectivity index (χ1n) is 12.8. The molecule has 2 aliphatic rings. The molecule has 0 radical (unpaired) electrons. The molecule has 1 aliphatic heterocycles. The van der Waals surface area contributed by atoms with Crippen molar-refractivity contribution in [3.63, 3.8) is 0 Å². The molecule has 4 rings (SSSR count). The minimum Gasteiger partial charge on any atom is -0.482 e. The summed E-state index contributed by atoms with van der Waals surface area (Å²) < 4.78 is 18.0. The Morgan fingerprint density at radius 2 is 1.97 bits per heavy atom. The molecule has 0 spiro atoms. The Hall–Kier alpha value is -2.83. The first-order valence-corrected chi connectivity index (χ1v) is 13.9. The van der Waals surface area contributed by atoms with Gasteiger partial charge in [0.15, 0.2) is 11.5 Å². The number of benzene rings is 2. The molecule has 38 heavy (non-hydrogen) atoms. The topological polar surface area (TPSA) is 118 Å². The number of hydrogen-bond acceptors (Lipinski definition) is 7. The van der Waals surface area contributed by atoms with Gasteiger partial charge in [-0.25, -0.2) is 0 Å². The maximum Gasteiger partial charge on any atom is 0.247 e. The van der Waals surface area contributed by atoms with Gasteiger partial charge >= 0.3 is 0 Å². The molecular formula is C28H33IN2O7. The lowest BCUT2D eigenvalue weighted by Gasteiger charge is -2.40. The van der Waals surface area contributed by atoms with Gasteiger partial charge < -0.3 is 34.6 Å². The van der Waals surface area contributed by atoms with E-state index in [2.05, 4.69) is 27.9 Å². The zero-order valence-corrected chi connectivity index (χ0v) is 23.4. The first kappa shape index (κ1) is 28.2. The van der Waals surface area contributed by atoms with E-state index >= 15 is 0 Å². The van der Waals surface area contributed by atoms with Crippen molar-refractivity contribution in [1.82, 2.24) is 10.2 Å². The second kappa shape index (κ2) is 13.3. The van der Waals surface area contributed by atoms with E-state index in [0.717, 1.165) is 15.6 Å². The molecule has 0 saturated heterocycles. The summed E-state index contributed by atoms with van der Waals surface area (Å²) in [5.74, 6) is 1.35. The Labute approximate surface area is 235 Å². The van der Waals surface area contributed by atoms with Gasteiger partial charge in [-0.15, -0.1) is 0 Å². The Balaban J connectivity index is 1.66. The number of amides is 2. The van der Waals surface area contributed by atoms with Crippen LogP contribution in [0.25, 0.3) is 0 Å². The second-order valence-electron chi connectivity index (χ2n) is 9.26. The van der Waals surface area contributed by atoms with Gasteiger partial charge in [-0.3, -0.25) is 9.59 Å². The molecule has 1 heterocycles. The highest BCUT2D eigenvalue weighted by molar-refractivity contribution is 14.1. The van der Waals surface area contributed by atoms with Crippen LogP contribution in [-0.4, -0.2) is 65.1 Å². The lowest BCUT2D eigenvalue weighted by Crippen LogP contribution is -2.54. The summed E-state index contributed by atoms with van der Waals surface area (Å²) in [4.78, 5) is 28.1. The summed E-state index contributed by atoms with van der Waals surface area (Å²) in [6.07, 6.45) is 1.70. The fraction of sp³-hybridized carbons (Fsp3) is 0.429. The van der Waals surface area contributed by atoms with E-state index in [4.69, 9.17) is 14.2 Å². The van der Waals surface area contributed by atoms with Crippen LogP contribution in [0.3, 0.4) is 0 Å². The zero-order valence-electron chi connectivity index (χ0n) is 21.3. The van der Waals surface area contributed by atoms with Crippen LogP contribution in [0.1, 0.15) is 38.2 Å². The molecule has 0 unspecified atom stereocenters. The molecular weight excluding hydrogens is 603 g/mol. The Morgan fingerprint density at radius 1 is 1.18 bits per heavy atom. The lowest BCUT2D eigenvalue weighted by atomic mass is 9.87. The third-order valence-electron chi connectivity index (χ3n) is 6.57. The van der Waals surface area contributed by atoms with E-state index in [1.165, 1.54) is 0 Å². The van der Waals surface area contributed by atoms with Gasteiger partial charge in [-0.2, -0.15) is 0 Å². The SMILES string of the molecule is CCCCC(=O)N(Cc1ccc2c(c1)OCO2)[C@@H]1CC(C(=O)NCCO)=C[C@H](Oc2ccccc2I)[C@H]1O. The number of nitrogens with one attached hydrogen (secondary N) is 1. The second-order valence-corrected chi connectivity index (χ2v) is 10.4. The Kier molecular flexibility index (Phi) is 9.86. The zero-order chi connectivity index (χ0) is 27.1. The van der Waals surface area contributed by atoms with Crippen LogP contribution in [0.2, 0.25) is 0 Å². The number of fused-ring (bicyclic) bond motifs is 1. The van der Waals surface area contributed by atoms with Gasteiger partial charge in [-0.05, 0) is 64.9 Å². The average molecular weight is 636 g/mol. The number of ether oxygens (including phenoxy) is 3. The third kappa shape index (κ3) is 6.78. The maximum atomic E-state index is 13.5. The van der Waals surface area contributed by atoms with Crippen molar-refractivity contribution >= 4 is 34.4 Å². The molecule has 204 valence electrons. The van der Waals surface area contributed by atoms with Crippen LogP contribution in [0.15, 0.2) is 54.1 Å². The largest absolute Gasteiger partial charge is 0.482 e. The molecule has 0 saturated carbocycles. The molecule has 9 nitrogen and oxygen atoms in total. The van der Waals surface area contributed by atoms with Crippen molar-refractivity contribution in [1.29, 1.82) is 0 Å². The van der Waals surface area contributed by atoms with Crippen molar-refractivity contribution in [3.8, 4) is 17.2 Å². The smallest absolute Gasteiger partial charge is 0.247 e. The summed E-state index contributed by atoms with van der Waals surface area (Å²) in [6.45, 7) is 2.29. The molecule has 0 fully saturated rings. The summed E-state index contributed by atoms with van der Waals surface area (Å²) in [5.41, 5.74) is 1.21. The molecule has 0 aromatic heterocycles. The fourth-order valence-electron chi connectivity index (χ4n) is 4.56. The van der Waals surface area contributed by atoms with E-state index in [9.17, 15) is 19.8 Å². The maximum absolute atomic E-state index is 13.5. The van der Waals surface area contributed by atoms with E-state index in [1.807, 2.05) is 37.3 Å². The molecule has 0 bridgehead atoms. The number of nitrogens with zero attached hydrogens (tertiary/aromatic N) is 1. The van der Waals surface area contributed by atoms with Crippen molar-refractivity contribution in [2.24, 2.45) is 0 Å². The van der Waals surface area contributed by atoms with Crippen LogP contribution in [-0.2, 0) is 16.1 Å². The van der Waals surface area contributed by atoms with Crippen LogP contribution in [0, 0.1) is 3.57 Å². The molecule has 3 atom stereocenters. The minimum atomic E-state index is -1.08. The highest BCUT2D eigenvalue weighted by Crippen LogP contribution is 2.35. The number of halogens is 1.